The predicted octanol–water partition coefficient (Wildman–Crippen LogP) is 1.05. The first-order valence-electron chi connectivity index (χ1n) is 17.1. The molecule has 0 aliphatic heterocycles. The van der Waals surface area contributed by atoms with E-state index in [1.54, 1.807) is 0 Å². The molecule has 55 heavy (non-hydrogen) atoms. The van der Waals surface area contributed by atoms with Gasteiger partial charge in [-0.3, -0.25) is 46.8 Å². The number of aliphatic hydroxyl groups is 1. The van der Waals surface area contributed by atoms with Crippen LogP contribution in [0.4, 0.5) is 0 Å². The number of unbranched alkanes of at least 4 members (excludes halogenated alkanes) is 2. The predicted molar refractivity (Wildman–Crippen MR) is 185 cm³/mol. The van der Waals surface area contributed by atoms with Gasteiger partial charge in [-0.05, 0) is 12.8 Å². The normalized spacial score (nSPS) is 13.8. The van der Waals surface area contributed by atoms with Crippen molar-refractivity contribution in [2.45, 2.75) is 102 Å². The second-order valence-corrected chi connectivity index (χ2v) is 17.4. The highest BCUT2D eigenvalue weighted by Crippen LogP contribution is 2.69. The van der Waals surface area contributed by atoms with Crippen molar-refractivity contribution in [3.63, 3.8) is 0 Å². The lowest BCUT2D eigenvalue weighted by Gasteiger charge is -2.28. The number of phosphoric ester groups is 1. The number of Topliss-reactive ketones (excluding diaryl/α,β-unsaturated/α-hetero) is 2. The maximum atomic E-state index is 12.3. The zero-order valence-corrected chi connectivity index (χ0v) is 33.1. The summed E-state index contributed by atoms with van der Waals surface area (Å²) in [5, 5.41) is 13.6. The van der Waals surface area contributed by atoms with E-state index in [2.05, 4.69) is 10.3 Å². The van der Waals surface area contributed by atoms with Crippen LogP contribution in [-0.4, -0.2) is 125 Å². The van der Waals surface area contributed by atoms with E-state index in [0.717, 1.165) is 12.8 Å². The number of nitrogens with zero attached hydrogens (tertiary/aromatic N) is 3. The Hall–Kier alpha value is -2.78. The minimum atomic E-state index is -5.70. The van der Waals surface area contributed by atoms with E-state index < -0.39 is 103 Å². The molecule has 0 fully saturated rings. The largest absolute Gasteiger partial charge is 0.472 e. The molecule has 0 aromatic carbocycles. The summed E-state index contributed by atoms with van der Waals surface area (Å²) in [6.07, 6.45) is 0.0251. The van der Waals surface area contributed by atoms with E-state index in [-0.39, 0.29) is 57.1 Å². The third-order valence-corrected chi connectivity index (χ3v) is 12.1. The van der Waals surface area contributed by atoms with E-state index in [4.69, 9.17) is 47.6 Å². The van der Waals surface area contributed by atoms with Gasteiger partial charge in [0.05, 0.1) is 38.4 Å². The number of aromatic nitrogens is 3. The zero-order chi connectivity index (χ0) is 41.7. The van der Waals surface area contributed by atoms with Gasteiger partial charge >= 0.3 is 40.9 Å². The number of carbonyl (C=O) groups is 5. The minimum absolute atomic E-state index is 0.0181. The van der Waals surface area contributed by atoms with Gasteiger partial charge in [0.25, 0.3) is 5.08 Å². The molecule has 2 atom stereocenters. The van der Waals surface area contributed by atoms with Crippen LogP contribution in [0, 0.1) is 0 Å². The Labute approximate surface area is 316 Å². The summed E-state index contributed by atoms with van der Waals surface area (Å²) in [4.78, 5) is 107. The SMILES string of the molecule is CCCCC(=O)OCC(COP(=O)(O)OCCC(=O)OCCOCC(=O)CCn1cc(CC(=O)CCC(O)(P(=O)(O)O)P(=O)(O)O)nn1)OC(=O)CCCC. The fourth-order valence-corrected chi connectivity index (χ4v) is 7.01. The number of esters is 3. The van der Waals surface area contributed by atoms with Gasteiger partial charge in [-0.15, -0.1) is 5.10 Å². The van der Waals surface area contributed by atoms with Crippen molar-refractivity contribution in [3.8, 4) is 0 Å². The molecule has 1 heterocycles. The number of ketones is 2. The molecule has 0 saturated carbocycles. The summed E-state index contributed by atoms with van der Waals surface area (Å²) in [6, 6.07) is 0. The number of carbonyl (C=O) groups excluding carboxylic acids is 5. The van der Waals surface area contributed by atoms with Crippen LogP contribution in [0.15, 0.2) is 6.20 Å². The Kier molecular flexibility index (Phi) is 22.6. The highest BCUT2D eigenvalue weighted by atomic mass is 31.2. The Morgan fingerprint density at radius 3 is 2.00 bits per heavy atom. The molecule has 6 N–H and O–H groups in total. The van der Waals surface area contributed by atoms with E-state index in [9.17, 15) is 47.7 Å². The van der Waals surface area contributed by atoms with Crippen molar-refractivity contribution in [1.82, 2.24) is 15.0 Å². The fourth-order valence-electron chi connectivity index (χ4n) is 4.09. The molecule has 1 aromatic rings. The molecule has 23 nitrogen and oxygen atoms in total. The first-order valence-corrected chi connectivity index (χ1v) is 21.8. The Morgan fingerprint density at radius 2 is 1.38 bits per heavy atom. The van der Waals surface area contributed by atoms with Crippen LogP contribution in [0.1, 0.15) is 83.7 Å². The maximum absolute atomic E-state index is 12.3. The van der Waals surface area contributed by atoms with Gasteiger partial charge in [-0.25, -0.2) is 4.57 Å². The van der Waals surface area contributed by atoms with Gasteiger partial charge in [0, 0.05) is 44.8 Å². The summed E-state index contributed by atoms with van der Waals surface area (Å²) in [6.45, 7) is 1.39. The van der Waals surface area contributed by atoms with Crippen LogP contribution in [0.25, 0.3) is 0 Å². The molecule has 2 unspecified atom stereocenters. The molecular formula is C29H50N3O20P3. The maximum Gasteiger partial charge on any atom is 0.472 e. The molecule has 26 heteroatoms. The van der Waals surface area contributed by atoms with Crippen molar-refractivity contribution in [3.05, 3.63) is 11.9 Å². The smallest absolute Gasteiger partial charge is 0.463 e. The van der Waals surface area contributed by atoms with Crippen LogP contribution < -0.4 is 0 Å². The number of hydrogen-bond donors (Lipinski definition) is 6. The average Bonchev–Trinajstić information content (AvgIpc) is 3.54. The second-order valence-electron chi connectivity index (χ2n) is 12.0. The molecule has 0 bridgehead atoms. The monoisotopic (exact) mass is 853 g/mol. The topological polar surface area (TPSA) is 344 Å². The van der Waals surface area contributed by atoms with Gasteiger partial charge in [0.2, 0.25) is 0 Å². The molecule has 0 amide bonds. The zero-order valence-electron chi connectivity index (χ0n) is 30.5. The van der Waals surface area contributed by atoms with Crippen molar-refractivity contribution in [2.24, 2.45) is 0 Å². The molecular weight excluding hydrogens is 803 g/mol. The van der Waals surface area contributed by atoms with Crippen molar-refractivity contribution >= 4 is 52.5 Å². The van der Waals surface area contributed by atoms with E-state index in [1.165, 1.54) is 10.9 Å². The highest BCUT2D eigenvalue weighted by Gasteiger charge is 2.59. The number of phosphoric acid groups is 1. The summed E-state index contributed by atoms with van der Waals surface area (Å²) < 4.78 is 66.3. The number of aryl methyl sites for hydroxylation is 1. The van der Waals surface area contributed by atoms with Gasteiger partial charge in [-0.1, -0.05) is 31.9 Å². The fraction of sp³-hybridized carbons (Fsp3) is 0.759. The number of hydrogen-bond acceptors (Lipinski definition) is 17. The standard InChI is InChI=1S/C29H50N3O20P3/c1-3-5-7-26(35)49-20-25(52-28(37)8-6-4-2)21-51-55(45,46)50-14-11-27(36)48-16-15-47-19-24(34)10-13-32-18-22(30-31-32)17-23(33)9-12-29(38,53(39,40)41)54(42,43)44/h18,25,38H,3-17,19-21H2,1-2H3,(H,45,46)(H2,39,40,41)(H2,42,43,44). The summed E-state index contributed by atoms with van der Waals surface area (Å²) >= 11 is 0. The third kappa shape index (κ3) is 20.8. The number of ether oxygens (including phenoxy) is 4. The lowest BCUT2D eigenvalue weighted by molar-refractivity contribution is -0.161. The Bertz CT molecular complexity index is 1520. The van der Waals surface area contributed by atoms with Crippen molar-refractivity contribution < 1.29 is 95.2 Å². The van der Waals surface area contributed by atoms with Crippen LogP contribution >= 0.6 is 23.0 Å². The summed E-state index contributed by atoms with van der Waals surface area (Å²) in [5.41, 5.74) is 0.0811. The third-order valence-electron chi connectivity index (χ3n) is 7.19. The lowest BCUT2D eigenvalue weighted by atomic mass is 10.1. The van der Waals surface area contributed by atoms with Crippen molar-refractivity contribution in [1.29, 1.82) is 0 Å². The second kappa shape index (κ2) is 24.8. The first kappa shape index (κ1) is 50.2. The molecule has 0 spiro atoms. The Morgan fingerprint density at radius 1 is 0.764 bits per heavy atom. The van der Waals surface area contributed by atoms with Gasteiger partial charge in [-0.2, -0.15) is 0 Å². The summed E-state index contributed by atoms with van der Waals surface area (Å²) in [7, 11) is -16.1. The highest BCUT2D eigenvalue weighted by molar-refractivity contribution is 7.72. The van der Waals surface area contributed by atoms with E-state index in [1.807, 2.05) is 13.8 Å². The van der Waals surface area contributed by atoms with Crippen LogP contribution in [-0.2, 0) is 78.6 Å². The molecule has 0 radical (unpaired) electrons. The molecule has 1 rings (SSSR count). The lowest BCUT2D eigenvalue weighted by Crippen LogP contribution is -2.29. The molecule has 316 valence electrons. The molecule has 1 aromatic heterocycles. The minimum Gasteiger partial charge on any atom is -0.463 e. The summed E-state index contributed by atoms with van der Waals surface area (Å²) in [5.74, 6) is -3.09. The van der Waals surface area contributed by atoms with Gasteiger partial charge < -0.3 is 48.5 Å². The first-order chi connectivity index (χ1) is 25.6. The van der Waals surface area contributed by atoms with Crippen LogP contribution in [0.3, 0.4) is 0 Å². The quantitative estimate of drug-likeness (QED) is 0.0263. The Balaban J connectivity index is 2.34. The van der Waals surface area contributed by atoms with Crippen molar-refractivity contribution in [2.75, 3.05) is 39.6 Å². The van der Waals surface area contributed by atoms with Gasteiger partial charge in [0.1, 0.15) is 25.6 Å². The van der Waals surface area contributed by atoms with E-state index >= 15 is 0 Å². The molecule has 0 aliphatic carbocycles. The van der Waals surface area contributed by atoms with E-state index in [0.29, 0.717) is 12.8 Å². The molecule has 0 aliphatic rings. The number of rotatable bonds is 31. The molecule has 0 saturated heterocycles. The van der Waals surface area contributed by atoms with Crippen LogP contribution in [0.5, 0.6) is 0 Å². The average molecular weight is 854 g/mol. The van der Waals surface area contributed by atoms with Gasteiger partial charge in [0.15, 0.2) is 11.9 Å². The van der Waals surface area contributed by atoms with Crippen LogP contribution in [0.2, 0.25) is 0 Å².